The number of hydrogen-bond acceptors (Lipinski definition) is 5. The molecule has 0 saturated carbocycles. The van der Waals surface area contributed by atoms with Crippen molar-refractivity contribution in [2.75, 3.05) is 19.6 Å². The fourth-order valence-corrected chi connectivity index (χ4v) is 4.25. The lowest BCUT2D eigenvalue weighted by atomic mass is 9.96. The molecule has 1 aromatic heterocycles. The maximum absolute atomic E-state index is 12.6. The fourth-order valence-electron chi connectivity index (χ4n) is 4.25. The van der Waals surface area contributed by atoms with E-state index in [1.54, 1.807) is 0 Å². The number of likely N-dealkylation sites (tertiary alicyclic amines) is 1. The van der Waals surface area contributed by atoms with Crippen LogP contribution in [0.15, 0.2) is 30.3 Å². The van der Waals surface area contributed by atoms with Gasteiger partial charge in [-0.2, -0.15) is 0 Å². The molecule has 0 radical (unpaired) electrons. The standard InChI is InChI=1S/C22H29N5O3/c28-20(11-4-12-23-22(29)30-16-17-7-2-1-3-8-17)26-13-5-9-18(15-26)21-25-24-19-10-6-14-27(19)21/h1-3,7-8,18H,4-6,9-16H2,(H,23,29)/t18-/m0/s1. The van der Waals surface area contributed by atoms with E-state index in [1.165, 1.54) is 0 Å². The average molecular weight is 412 g/mol. The largest absolute Gasteiger partial charge is 0.445 e. The van der Waals surface area contributed by atoms with E-state index in [-0.39, 0.29) is 18.4 Å². The number of carbonyl (C=O) groups excluding carboxylic acids is 2. The Morgan fingerprint density at radius 1 is 1.13 bits per heavy atom. The van der Waals surface area contributed by atoms with Gasteiger partial charge in [-0.25, -0.2) is 4.79 Å². The van der Waals surface area contributed by atoms with E-state index >= 15 is 0 Å². The molecule has 30 heavy (non-hydrogen) atoms. The first kappa shape index (κ1) is 20.4. The van der Waals surface area contributed by atoms with Crippen LogP contribution in [-0.4, -0.2) is 51.3 Å². The molecule has 0 spiro atoms. The van der Waals surface area contributed by atoms with Crippen molar-refractivity contribution in [1.29, 1.82) is 0 Å². The Balaban J connectivity index is 1.16. The lowest BCUT2D eigenvalue weighted by molar-refractivity contribution is -0.132. The highest BCUT2D eigenvalue weighted by Gasteiger charge is 2.29. The second-order valence-electron chi connectivity index (χ2n) is 8.00. The number of amides is 2. The van der Waals surface area contributed by atoms with Crippen LogP contribution in [0.5, 0.6) is 0 Å². The van der Waals surface area contributed by atoms with Gasteiger partial charge < -0.3 is 19.5 Å². The Morgan fingerprint density at radius 3 is 2.87 bits per heavy atom. The number of aryl methyl sites for hydroxylation is 1. The summed E-state index contributed by atoms with van der Waals surface area (Å²) in [5, 5.41) is 11.4. The first-order valence-electron chi connectivity index (χ1n) is 10.8. The normalized spacial score (nSPS) is 18.1. The molecule has 1 N–H and O–H groups in total. The Hall–Kier alpha value is -2.90. The summed E-state index contributed by atoms with van der Waals surface area (Å²) in [6.45, 7) is 3.17. The fraction of sp³-hybridized carbons (Fsp3) is 0.545. The highest BCUT2D eigenvalue weighted by molar-refractivity contribution is 5.76. The van der Waals surface area contributed by atoms with E-state index in [0.717, 1.165) is 56.0 Å². The third kappa shape index (κ3) is 4.98. The first-order chi connectivity index (χ1) is 14.7. The molecule has 0 bridgehead atoms. The average Bonchev–Trinajstić information content (AvgIpc) is 3.40. The van der Waals surface area contributed by atoms with Crippen LogP contribution < -0.4 is 5.32 Å². The molecular formula is C22H29N5O3. The van der Waals surface area contributed by atoms with Crippen molar-refractivity contribution in [2.24, 2.45) is 0 Å². The molecule has 8 heteroatoms. The number of carbonyl (C=O) groups is 2. The van der Waals surface area contributed by atoms with E-state index in [9.17, 15) is 9.59 Å². The number of aromatic nitrogens is 3. The van der Waals surface area contributed by atoms with Gasteiger partial charge in [-0.05, 0) is 31.2 Å². The molecule has 1 atom stereocenters. The van der Waals surface area contributed by atoms with Crippen LogP contribution in [0.3, 0.4) is 0 Å². The summed E-state index contributed by atoms with van der Waals surface area (Å²) >= 11 is 0. The number of piperidine rings is 1. The van der Waals surface area contributed by atoms with Gasteiger partial charge in [-0.15, -0.1) is 10.2 Å². The van der Waals surface area contributed by atoms with E-state index in [0.29, 0.717) is 25.9 Å². The minimum absolute atomic E-state index is 0.139. The maximum atomic E-state index is 12.6. The molecule has 8 nitrogen and oxygen atoms in total. The Kier molecular flexibility index (Phi) is 6.61. The number of fused-ring (bicyclic) bond motifs is 1. The van der Waals surface area contributed by atoms with Crippen LogP contribution >= 0.6 is 0 Å². The van der Waals surface area contributed by atoms with E-state index in [2.05, 4.69) is 20.1 Å². The smallest absolute Gasteiger partial charge is 0.407 e. The third-order valence-corrected chi connectivity index (χ3v) is 5.83. The zero-order valence-corrected chi connectivity index (χ0v) is 17.3. The van der Waals surface area contributed by atoms with Crippen molar-refractivity contribution in [2.45, 2.75) is 57.6 Å². The van der Waals surface area contributed by atoms with Crippen molar-refractivity contribution in [1.82, 2.24) is 25.0 Å². The highest BCUT2D eigenvalue weighted by Crippen LogP contribution is 2.28. The quantitative estimate of drug-likeness (QED) is 0.708. The van der Waals surface area contributed by atoms with Crippen molar-refractivity contribution >= 4 is 12.0 Å². The van der Waals surface area contributed by atoms with E-state index in [4.69, 9.17) is 4.74 Å². The molecule has 4 rings (SSSR count). The summed E-state index contributed by atoms with van der Waals surface area (Å²) in [4.78, 5) is 26.4. The summed E-state index contributed by atoms with van der Waals surface area (Å²) in [5.74, 6) is 2.54. The van der Waals surface area contributed by atoms with Crippen LogP contribution in [0.25, 0.3) is 0 Å². The van der Waals surface area contributed by atoms with Crippen molar-refractivity contribution in [3.8, 4) is 0 Å². The van der Waals surface area contributed by atoms with Gasteiger partial charge in [-0.3, -0.25) is 4.79 Å². The molecule has 160 valence electrons. The van der Waals surface area contributed by atoms with Gasteiger partial charge in [0, 0.05) is 44.9 Å². The van der Waals surface area contributed by atoms with Crippen LogP contribution in [0, 0.1) is 0 Å². The van der Waals surface area contributed by atoms with Gasteiger partial charge in [0.05, 0.1) is 0 Å². The molecule has 1 fully saturated rings. The third-order valence-electron chi connectivity index (χ3n) is 5.83. The molecule has 3 heterocycles. The summed E-state index contributed by atoms with van der Waals surface area (Å²) in [6.07, 6.45) is 4.74. The first-order valence-corrected chi connectivity index (χ1v) is 10.8. The number of nitrogens with one attached hydrogen (secondary N) is 1. The zero-order valence-electron chi connectivity index (χ0n) is 17.3. The molecule has 2 aliphatic heterocycles. The lowest BCUT2D eigenvalue weighted by Crippen LogP contribution is -2.40. The molecule has 0 unspecified atom stereocenters. The molecule has 1 saturated heterocycles. The van der Waals surface area contributed by atoms with Crippen molar-refractivity contribution < 1.29 is 14.3 Å². The Bertz CT molecular complexity index is 867. The van der Waals surface area contributed by atoms with Gasteiger partial charge >= 0.3 is 6.09 Å². The van der Waals surface area contributed by atoms with Gasteiger partial charge in [0.15, 0.2) is 0 Å². The minimum atomic E-state index is -0.454. The predicted octanol–water partition coefficient (Wildman–Crippen LogP) is 2.64. The molecule has 1 aromatic carbocycles. The predicted molar refractivity (Wildman–Crippen MR) is 111 cm³/mol. The summed E-state index contributed by atoms with van der Waals surface area (Å²) in [6, 6.07) is 9.55. The number of ether oxygens (including phenoxy) is 1. The molecule has 2 amide bonds. The van der Waals surface area contributed by atoms with Crippen molar-refractivity contribution in [3.05, 3.63) is 47.5 Å². The molecule has 2 aromatic rings. The monoisotopic (exact) mass is 411 g/mol. The zero-order chi connectivity index (χ0) is 20.8. The Labute approximate surface area is 176 Å². The van der Waals surface area contributed by atoms with Crippen LogP contribution in [0.4, 0.5) is 4.79 Å². The number of alkyl carbamates (subject to hydrolysis) is 1. The second kappa shape index (κ2) is 9.73. The van der Waals surface area contributed by atoms with Crippen LogP contribution in [-0.2, 0) is 29.1 Å². The maximum Gasteiger partial charge on any atom is 0.407 e. The highest BCUT2D eigenvalue weighted by atomic mass is 16.5. The lowest BCUT2D eigenvalue weighted by Gasteiger charge is -2.32. The topological polar surface area (TPSA) is 89.4 Å². The number of hydrogen-bond donors (Lipinski definition) is 1. The van der Waals surface area contributed by atoms with Gasteiger partial charge in [0.2, 0.25) is 5.91 Å². The van der Waals surface area contributed by atoms with E-state index < -0.39 is 6.09 Å². The summed E-state index contributed by atoms with van der Waals surface area (Å²) < 4.78 is 7.42. The second-order valence-corrected chi connectivity index (χ2v) is 8.00. The minimum Gasteiger partial charge on any atom is -0.445 e. The molecular weight excluding hydrogens is 382 g/mol. The SMILES string of the molecule is O=C(NCCCC(=O)N1CCC[C@H](c2nnc3n2CCC3)C1)OCc1ccccc1. The number of benzene rings is 1. The number of nitrogens with zero attached hydrogens (tertiary/aromatic N) is 4. The summed E-state index contributed by atoms with van der Waals surface area (Å²) in [5.41, 5.74) is 0.945. The summed E-state index contributed by atoms with van der Waals surface area (Å²) in [7, 11) is 0. The van der Waals surface area contributed by atoms with E-state index in [1.807, 2.05) is 35.2 Å². The van der Waals surface area contributed by atoms with Gasteiger partial charge in [0.1, 0.15) is 18.3 Å². The molecule has 0 aliphatic carbocycles. The van der Waals surface area contributed by atoms with Crippen molar-refractivity contribution in [3.63, 3.8) is 0 Å². The Morgan fingerprint density at radius 2 is 2.00 bits per heavy atom. The number of rotatable bonds is 7. The molecule has 2 aliphatic rings. The van der Waals surface area contributed by atoms with Crippen LogP contribution in [0.1, 0.15) is 55.2 Å². The van der Waals surface area contributed by atoms with Crippen LogP contribution in [0.2, 0.25) is 0 Å². The van der Waals surface area contributed by atoms with Gasteiger partial charge in [0.25, 0.3) is 0 Å². The van der Waals surface area contributed by atoms with Gasteiger partial charge in [-0.1, -0.05) is 30.3 Å².